The van der Waals surface area contributed by atoms with E-state index in [2.05, 4.69) is 5.10 Å². The molecule has 0 aliphatic heterocycles. The van der Waals surface area contributed by atoms with Gasteiger partial charge in [-0.1, -0.05) is 4.85 Å². The molecule has 6 nitrogen and oxygen atoms in total. The maximum Gasteiger partial charge on any atom is 0.535 e. The Hall–Kier alpha value is -2.24. The molecule has 1 aromatic carbocycles. The number of rotatable bonds is 2. The Morgan fingerprint density at radius 2 is 2.00 bits per heavy atom. The highest BCUT2D eigenvalue weighted by molar-refractivity contribution is 5.83. The van der Waals surface area contributed by atoms with Crippen LogP contribution in [-0.2, 0) is 4.74 Å². The molecule has 0 spiro atoms. The molecule has 0 saturated carbocycles. The molecule has 0 unspecified atom stereocenters. The molecule has 2 aromatic rings. The molecule has 20 heavy (non-hydrogen) atoms. The highest BCUT2D eigenvalue weighted by atomic mass is 16.8. The number of fused-ring (bicyclic) bond motifs is 1. The van der Waals surface area contributed by atoms with E-state index in [1.54, 1.807) is 33.9 Å². The van der Waals surface area contributed by atoms with Gasteiger partial charge in [0.05, 0.1) is 12.8 Å². The summed E-state index contributed by atoms with van der Waals surface area (Å²) in [5.41, 5.74) is 0.783. The summed E-state index contributed by atoms with van der Waals surface area (Å²) in [7, 11) is 1.57. The van der Waals surface area contributed by atoms with E-state index < -0.39 is 11.8 Å². The summed E-state index contributed by atoms with van der Waals surface area (Å²) in [6.45, 7) is 7.14. The minimum atomic E-state index is -0.801. The van der Waals surface area contributed by atoms with Gasteiger partial charge in [-0.25, -0.2) is 4.79 Å². The van der Waals surface area contributed by atoms with Gasteiger partial charge in [0.15, 0.2) is 0 Å². The van der Waals surface area contributed by atoms with Crippen molar-refractivity contribution in [3.8, 4) is 5.75 Å². The second kappa shape index (κ2) is 5.03. The van der Waals surface area contributed by atoms with Gasteiger partial charge in [-0.05, 0) is 39.8 Å². The van der Waals surface area contributed by atoms with Crippen LogP contribution in [0.2, 0.25) is 0 Å². The number of hydrogen-bond donors (Lipinski definition) is 0. The van der Waals surface area contributed by atoms with Crippen LogP contribution in [0.4, 0.5) is 4.79 Å². The molecule has 0 fully saturated rings. The van der Waals surface area contributed by atoms with Crippen LogP contribution in [0, 0.1) is 6.92 Å². The second-order valence-corrected chi connectivity index (χ2v) is 5.40. The largest absolute Gasteiger partial charge is 0.535 e. The van der Waals surface area contributed by atoms with Crippen LogP contribution in [0.1, 0.15) is 26.5 Å². The van der Waals surface area contributed by atoms with Crippen molar-refractivity contribution in [3.05, 3.63) is 23.9 Å². The number of hydrogen-bond acceptors (Lipinski definition) is 5. The molecule has 0 atom stereocenters. The van der Waals surface area contributed by atoms with Gasteiger partial charge in [0, 0.05) is 11.5 Å². The van der Waals surface area contributed by atoms with Crippen LogP contribution in [0.25, 0.3) is 10.9 Å². The van der Waals surface area contributed by atoms with E-state index in [-0.39, 0.29) is 0 Å². The lowest BCUT2D eigenvalue weighted by molar-refractivity contribution is -0.0149. The highest BCUT2D eigenvalue weighted by Gasteiger charge is 2.20. The molecule has 0 bridgehead atoms. The lowest BCUT2D eigenvalue weighted by atomic mass is 10.2. The number of methoxy groups -OCH3 is 1. The fourth-order valence-electron chi connectivity index (χ4n) is 1.76. The zero-order valence-electron chi connectivity index (χ0n) is 12.3. The maximum absolute atomic E-state index is 11.7. The lowest BCUT2D eigenvalue weighted by Crippen LogP contribution is -2.30. The van der Waals surface area contributed by atoms with Gasteiger partial charge < -0.3 is 9.47 Å². The van der Waals surface area contributed by atoms with E-state index in [0.29, 0.717) is 11.3 Å². The van der Waals surface area contributed by atoms with E-state index >= 15 is 0 Å². The standard InChI is InChI=1S/C14H18N2O4/c1-9-11-7-6-10(18-5)8-12(11)16(15-9)20-13(17)19-14(2,3)4/h6-8H,1-5H3. The first kappa shape index (κ1) is 14.2. The Morgan fingerprint density at radius 1 is 1.30 bits per heavy atom. The van der Waals surface area contributed by atoms with Crippen molar-refractivity contribution in [2.45, 2.75) is 33.3 Å². The molecule has 2 rings (SSSR count). The number of benzene rings is 1. The van der Waals surface area contributed by atoms with Crippen molar-refractivity contribution in [2.75, 3.05) is 7.11 Å². The third kappa shape index (κ3) is 3.01. The maximum atomic E-state index is 11.7. The van der Waals surface area contributed by atoms with Crippen LogP contribution in [0.15, 0.2) is 18.2 Å². The monoisotopic (exact) mass is 278 g/mol. The Morgan fingerprint density at radius 3 is 2.60 bits per heavy atom. The summed E-state index contributed by atoms with van der Waals surface area (Å²) in [6, 6.07) is 5.44. The SMILES string of the molecule is COc1ccc2c(C)nn(OC(=O)OC(C)(C)C)c2c1. The van der Waals surface area contributed by atoms with Crippen molar-refractivity contribution >= 4 is 17.1 Å². The van der Waals surface area contributed by atoms with Gasteiger partial charge in [-0.2, -0.15) is 0 Å². The van der Waals surface area contributed by atoms with Crippen LogP contribution in [-0.4, -0.2) is 28.8 Å². The predicted molar refractivity (Wildman–Crippen MR) is 73.8 cm³/mol. The average molecular weight is 278 g/mol. The first-order chi connectivity index (χ1) is 9.30. The molecule has 108 valence electrons. The van der Waals surface area contributed by atoms with Crippen LogP contribution in [0.3, 0.4) is 0 Å². The fraction of sp³-hybridized carbons (Fsp3) is 0.429. The van der Waals surface area contributed by atoms with Crippen molar-refractivity contribution in [1.82, 2.24) is 9.94 Å². The first-order valence-corrected chi connectivity index (χ1v) is 6.25. The molecular weight excluding hydrogens is 260 g/mol. The van der Waals surface area contributed by atoms with Gasteiger partial charge in [0.1, 0.15) is 16.9 Å². The second-order valence-electron chi connectivity index (χ2n) is 5.40. The van der Waals surface area contributed by atoms with Gasteiger partial charge in [-0.15, -0.1) is 5.10 Å². The predicted octanol–water partition coefficient (Wildman–Crippen LogP) is 2.72. The smallest absolute Gasteiger partial charge is 0.497 e. The van der Waals surface area contributed by atoms with Gasteiger partial charge in [0.2, 0.25) is 0 Å². The minimum Gasteiger partial charge on any atom is -0.497 e. The molecule has 0 saturated heterocycles. The van der Waals surface area contributed by atoms with Gasteiger partial charge >= 0.3 is 6.16 Å². The number of aromatic nitrogens is 2. The normalized spacial score (nSPS) is 11.4. The summed E-state index contributed by atoms with van der Waals surface area (Å²) in [5, 5.41) is 5.06. The van der Waals surface area contributed by atoms with Crippen LogP contribution < -0.4 is 9.57 Å². The van der Waals surface area contributed by atoms with Gasteiger partial charge in [-0.3, -0.25) is 4.84 Å². The molecule has 1 aromatic heterocycles. The third-order valence-electron chi connectivity index (χ3n) is 2.59. The fourth-order valence-corrected chi connectivity index (χ4v) is 1.76. The van der Waals surface area contributed by atoms with Gasteiger partial charge in [0.25, 0.3) is 0 Å². The quantitative estimate of drug-likeness (QED) is 0.790. The van der Waals surface area contributed by atoms with Crippen LogP contribution >= 0.6 is 0 Å². The highest BCUT2D eigenvalue weighted by Crippen LogP contribution is 2.23. The Kier molecular flexibility index (Phi) is 3.57. The zero-order chi connectivity index (χ0) is 14.9. The third-order valence-corrected chi connectivity index (χ3v) is 2.59. The molecule has 0 N–H and O–H groups in total. The molecule has 0 amide bonds. The molecule has 0 aliphatic rings. The average Bonchev–Trinajstić information content (AvgIpc) is 2.63. The molecule has 6 heteroatoms. The summed E-state index contributed by atoms with van der Waals surface area (Å²) < 4.78 is 10.3. The number of aryl methyl sites for hydroxylation is 1. The summed E-state index contributed by atoms with van der Waals surface area (Å²) in [5.74, 6) is 0.659. The number of nitrogens with zero attached hydrogens (tertiary/aromatic N) is 2. The minimum absolute atomic E-state index is 0.618. The van der Waals surface area contributed by atoms with E-state index in [9.17, 15) is 4.79 Å². The van der Waals surface area contributed by atoms with Crippen molar-refractivity contribution in [2.24, 2.45) is 0 Å². The molecule has 1 heterocycles. The van der Waals surface area contributed by atoms with E-state index in [1.807, 2.05) is 19.1 Å². The molecular formula is C14H18N2O4. The lowest BCUT2D eigenvalue weighted by Gasteiger charge is -2.18. The summed E-state index contributed by atoms with van der Waals surface area (Å²) in [4.78, 5) is 18.0. The molecule has 0 radical (unpaired) electrons. The Balaban J connectivity index is 2.32. The number of ether oxygens (including phenoxy) is 2. The van der Waals surface area contributed by atoms with E-state index in [0.717, 1.165) is 15.9 Å². The van der Waals surface area contributed by atoms with Crippen molar-refractivity contribution in [3.63, 3.8) is 0 Å². The zero-order valence-corrected chi connectivity index (χ0v) is 12.3. The van der Waals surface area contributed by atoms with E-state index in [1.165, 1.54) is 0 Å². The van der Waals surface area contributed by atoms with E-state index in [4.69, 9.17) is 14.3 Å². The number of carbonyl (C=O) groups excluding carboxylic acids is 1. The summed E-state index contributed by atoms with van der Waals surface area (Å²) >= 11 is 0. The Bertz CT molecular complexity index is 640. The number of carbonyl (C=O) groups is 1. The topological polar surface area (TPSA) is 62.6 Å². The molecule has 0 aliphatic carbocycles. The van der Waals surface area contributed by atoms with Crippen molar-refractivity contribution in [1.29, 1.82) is 0 Å². The van der Waals surface area contributed by atoms with Crippen molar-refractivity contribution < 1.29 is 19.1 Å². The first-order valence-electron chi connectivity index (χ1n) is 6.25. The van der Waals surface area contributed by atoms with Crippen LogP contribution in [0.5, 0.6) is 5.75 Å². The summed E-state index contributed by atoms with van der Waals surface area (Å²) in [6.07, 6.45) is -0.801. The Labute approximate surface area is 117 Å².